The van der Waals surface area contributed by atoms with Crippen molar-refractivity contribution in [3.05, 3.63) is 124 Å². The molecule has 0 bridgehead atoms. The van der Waals surface area contributed by atoms with Gasteiger partial charge in [0.25, 0.3) is 5.91 Å². The second-order valence-electron chi connectivity index (χ2n) is 10.2. The summed E-state index contributed by atoms with van der Waals surface area (Å²) in [6, 6.07) is 31.0. The lowest BCUT2D eigenvalue weighted by molar-refractivity contribution is -0.136. The maximum atomic E-state index is 12.5. The molecule has 0 spiro atoms. The van der Waals surface area contributed by atoms with E-state index in [1.165, 1.54) is 33.4 Å². The second-order valence-corrected chi connectivity index (χ2v) is 11.1. The van der Waals surface area contributed by atoms with Crippen LogP contribution in [0.3, 0.4) is 0 Å². The summed E-state index contributed by atoms with van der Waals surface area (Å²) in [4.78, 5) is 30.5. The number of nitrogens with one attached hydrogen (secondary N) is 1. The van der Waals surface area contributed by atoms with Crippen molar-refractivity contribution in [2.45, 2.75) is 26.3 Å². The van der Waals surface area contributed by atoms with Crippen LogP contribution in [0.2, 0.25) is 0 Å². The number of thiazole rings is 1. The number of rotatable bonds is 9. The maximum Gasteiger partial charge on any atom is 0.305 e. The van der Waals surface area contributed by atoms with Crippen LogP contribution in [0.5, 0.6) is 0 Å². The lowest BCUT2D eigenvalue weighted by atomic mass is 10.0. The normalized spacial score (nSPS) is 11.5. The minimum Gasteiger partial charge on any atom is -0.481 e. The zero-order valence-corrected chi connectivity index (χ0v) is 23.4. The van der Waals surface area contributed by atoms with E-state index in [-0.39, 0.29) is 18.9 Å². The molecule has 0 radical (unpaired) electrons. The Hall–Kier alpha value is -4.75. The van der Waals surface area contributed by atoms with Gasteiger partial charge in [-0.3, -0.25) is 9.59 Å². The average molecular weight is 560 g/mol. The molecule has 0 saturated carbocycles. The predicted molar refractivity (Wildman–Crippen MR) is 164 cm³/mol. The highest BCUT2D eigenvalue weighted by Gasteiger charge is 2.20. The fourth-order valence-corrected chi connectivity index (χ4v) is 6.03. The zero-order valence-electron chi connectivity index (χ0n) is 22.6. The number of fused-ring (bicyclic) bond motifs is 3. The van der Waals surface area contributed by atoms with E-state index in [1.807, 2.05) is 12.1 Å². The summed E-state index contributed by atoms with van der Waals surface area (Å²) >= 11 is 1.59. The van der Waals surface area contributed by atoms with Crippen molar-refractivity contribution in [1.82, 2.24) is 10.3 Å². The molecule has 1 heterocycles. The molecular formula is C34H29N3O3S. The minimum atomic E-state index is -0.944. The molecule has 41 heavy (non-hydrogen) atoms. The van der Waals surface area contributed by atoms with Gasteiger partial charge in [-0.25, -0.2) is 4.98 Å². The molecule has 5 aromatic rings. The first-order valence-electron chi connectivity index (χ1n) is 13.5. The largest absolute Gasteiger partial charge is 0.481 e. The number of anilines is 2. The fraction of sp³-hybridized carbons (Fsp3) is 0.147. The van der Waals surface area contributed by atoms with Crippen molar-refractivity contribution >= 4 is 34.0 Å². The van der Waals surface area contributed by atoms with Crippen molar-refractivity contribution in [2.24, 2.45) is 0 Å². The quantitative estimate of drug-likeness (QED) is 0.195. The third-order valence-corrected chi connectivity index (χ3v) is 8.20. The van der Waals surface area contributed by atoms with Gasteiger partial charge in [-0.2, -0.15) is 0 Å². The number of aromatic nitrogens is 1. The van der Waals surface area contributed by atoms with Gasteiger partial charge >= 0.3 is 5.97 Å². The molecule has 0 aliphatic heterocycles. The number of benzene rings is 4. The van der Waals surface area contributed by atoms with Gasteiger partial charge in [0, 0.05) is 28.7 Å². The minimum absolute atomic E-state index is 0.0884. The highest BCUT2D eigenvalue weighted by atomic mass is 32.1. The average Bonchev–Trinajstić information content (AvgIpc) is 3.61. The third kappa shape index (κ3) is 5.76. The first kappa shape index (κ1) is 26.5. The molecule has 0 fully saturated rings. The Kier molecular flexibility index (Phi) is 7.35. The van der Waals surface area contributed by atoms with Crippen LogP contribution in [0.1, 0.15) is 39.0 Å². The summed E-state index contributed by atoms with van der Waals surface area (Å²) in [5.74, 6) is -1.24. The van der Waals surface area contributed by atoms with Crippen LogP contribution in [0.4, 0.5) is 10.8 Å². The van der Waals surface area contributed by atoms with Gasteiger partial charge in [-0.05, 0) is 65.4 Å². The summed E-state index contributed by atoms with van der Waals surface area (Å²) in [6.07, 6.45) is 0.816. The molecule has 0 atom stereocenters. The number of nitrogens with zero attached hydrogens (tertiary/aromatic N) is 2. The van der Waals surface area contributed by atoms with Crippen molar-refractivity contribution in [1.29, 1.82) is 0 Å². The van der Waals surface area contributed by atoms with E-state index in [9.17, 15) is 9.59 Å². The molecule has 7 heteroatoms. The molecule has 204 valence electrons. The van der Waals surface area contributed by atoms with Gasteiger partial charge in [0.1, 0.15) is 0 Å². The number of aliphatic carboxylic acids is 1. The molecule has 1 amide bonds. The Balaban J connectivity index is 1.29. The van der Waals surface area contributed by atoms with E-state index in [0.717, 1.165) is 28.5 Å². The van der Waals surface area contributed by atoms with Gasteiger partial charge in [-0.1, -0.05) is 72.3 Å². The number of amides is 1. The smallest absolute Gasteiger partial charge is 0.305 e. The van der Waals surface area contributed by atoms with Crippen molar-refractivity contribution in [2.75, 3.05) is 11.4 Å². The van der Waals surface area contributed by atoms with E-state index >= 15 is 0 Å². The van der Waals surface area contributed by atoms with Gasteiger partial charge in [0.15, 0.2) is 5.13 Å². The lowest BCUT2D eigenvalue weighted by Gasteiger charge is -2.23. The Morgan fingerprint density at radius 3 is 2.46 bits per heavy atom. The standard InChI is InChI=1S/C34H29N3O3S/c1-22-6-9-24(10-7-22)31-21-41-34(36-31)37(28-13-11-25(12-14-28)33(40)35-17-16-32(38)39)20-23-8-15-30-27(18-23)19-26-4-2-3-5-29(26)30/h2-15,18,21H,16-17,19-20H2,1H3,(H,35,40)(H,38,39). The molecule has 2 N–H and O–H groups in total. The first-order valence-corrected chi connectivity index (χ1v) is 14.4. The van der Waals surface area contributed by atoms with Gasteiger partial charge in [-0.15, -0.1) is 11.3 Å². The number of carbonyl (C=O) groups excluding carboxylic acids is 1. The highest BCUT2D eigenvalue weighted by Crippen LogP contribution is 2.38. The van der Waals surface area contributed by atoms with E-state index in [2.05, 4.69) is 89.3 Å². The van der Waals surface area contributed by atoms with Crippen LogP contribution in [-0.4, -0.2) is 28.5 Å². The molecule has 0 unspecified atom stereocenters. The number of hydrogen-bond acceptors (Lipinski definition) is 5. The van der Waals surface area contributed by atoms with E-state index < -0.39 is 5.97 Å². The van der Waals surface area contributed by atoms with Crippen molar-refractivity contribution in [3.8, 4) is 22.4 Å². The first-order chi connectivity index (χ1) is 19.9. The van der Waals surface area contributed by atoms with Crippen molar-refractivity contribution in [3.63, 3.8) is 0 Å². The predicted octanol–water partition coefficient (Wildman–Crippen LogP) is 7.23. The number of carboxylic acids is 1. The van der Waals surface area contributed by atoms with Crippen LogP contribution in [-0.2, 0) is 17.8 Å². The Morgan fingerprint density at radius 1 is 0.927 bits per heavy atom. The molecule has 4 aromatic carbocycles. The number of aryl methyl sites for hydroxylation is 1. The summed E-state index contributed by atoms with van der Waals surface area (Å²) in [5.41, 5.74) is 11.1. The zero-order chi connectivity index (χ0) is 28.3. The number of hydrogen-bond donors (Lipinski definition) is 2. The van der Waals surface area contributed by atoms with Gasteiger partial charge < -0.3 is 15.3 Å². The van der Waals surface area contributed by atoms with Crippen LogP contribution in [0, 0.1) is 6.92 Å². The molecule has 6 rings (SSSR count). The summed E-state index contributed by atoms with van der Waals surface area (Å²) in [5, 5.41) is 14.5. The Morgan fingerprint density at radius 2 is 1.68 bits per heavy atom. The van der Waals surface area contributed by atoms with Crippen LogP contribution in [0.15, 0.2) is 96.4 Å². The van der Waals surface area contributed by atoms with E-state index in [4.69, 9.17) is 10.1 Å². The molecule has 0 saturated heterocycles. The molecule has 1 aliphatic rings. The Bertz CT molecular complexity index is 1730. The summed E-state index contributed by atoms with van der Waals surface area (Å²) < 4.78 is 0. The highest BCUT2D eigenvalue weighted by molar-refractivity contribution is 7.14. The monoisotopic (exact) mass is 559 g/mol. The van der Waals surface area contributed by atoms with Crippen LogP contribution >= 0.6 is 11.3 Å². The lowest BCUT2D eigenvalue weighted by Crippen LogP contribution is -2.26. The van der Waals surface area contributed by atoms with Gasteiger partial charge in [0.2, 0.25) is 0 Å². The van der Waals surface area contributed by atoms with Crippen LogP contribution in [0.25, 0.3) is 22.4 Å². The number of carboxylic acid groups (broad SMARTS) is 1. The second kappa shape index (κ2) is 11.4. The maximum absolute atomic E-state index is 12.5. The van der Waals surface area contributed by atoms with Gasteiger partial charge in [0.05, 0.1) is 18.7 Å². The van der Waals surface area contributed by atoms with E-state index in [1.54, 1.807) is 23.5 Å². The molecule has 6 nitrogen and oxygen atoms in total. The fourth-order valence-electron chi connectivity index (χ4n) is 5.17. The SMILES string of the molecule is Cc1ccc(-c2csc(N(Cc3ccc4c(c3)Cc3ccccc3-4)c3ccc(C(=O)NCCC(=O)O)cc3)n2)cc1. The molecular weight excluding hydrogens is 530 g/mol. The van der Waals surface area contributed by atoms with Crippen LogP contribution < -0.4 is 10.2 Å². The topological polar surface area (TPSA) is 82.5 Å². The molecule has 1 aliphatic carbocycles. The summed E-state index contributed by atoms with van der Waals surface area (Å²) in [6.45, 7) is 2.78. The number of carbonyl (C=O) groups is 2. The third-order valence-electron chi connectivity index (χ3n) is 7.33. The summed E-state index contributed by atoms with van der Waals surface area (Å²) in [7, 11) is 0. The molecule has 1 aromatic heterocycles. The van der Waals surface area contributed by atoms with Crippen molar-refractivity contribution < 1.29 is 14.7 Å². The van der Waals surface area contributed by atoms with E-state index in [0.29, 0.717) is 12.1 Å². The Labute approximate surface area is 242 Å².